The van der Waals surface area contributed by atoms with Gasteiger partial charge in [-0.15, -0.1) is 0 Å². The predicted octanol–water partition coefficient (Wildman–Crippen LogP) is 2.06. The van der Waals surface area contributed by atoms with Crippen LogP contribution in [0.15, 0.2) is 24.3 Å². The molecule has 0 aliphatic carbocycles. The third-order valence-corrected chi connectivity index (χ3v) is 4.90. The van der Waals surface area contributed by atoms with E-state index >= 15 is 0 Å². The molecule has 2 rings (SSSR count). The molecule has 0 bridgehead atoms. The summed E-state index contributed by atoms with van der Waals surface area (Å²) in [6, 6.07) is 8.57. The standard InChI is InChI=1S/C20H33N3O2/c1-5-22(16(2)3)15-18-6-8-19(9-7-18)20(25)23-12-10-21(11-13-23)14-17(4)24/h6-9,16-17,24H,5,10-15H2,1-4H3/t17-/m1/s1. The molecule has 1 aromatic carbocycles. The fourth-order valence-electron chi connectivity index (χ4n) is 3.34. The van der Waals surface area contributed by atoms with Crippen molar-refractivity contribution in [3.05, 3.63) is 35.4 Å². The number of carbonyl (C=O) groups excluding carboxylic acids is 1. The lowest BCUT2D eigenvalue weighted by Crippen LogP contribution is -2.50. The number of hydrogen-bond donors (Lipinski definition) is 1. The Hall–Kier alpha value is -1.43. The minimum absolute atomic E-state index is 0.111. The maximum Gasteiger partial charge on any atom is 0.253 e. The Bertz CT molecular complexity index is 534. The summed E-state index contributed by atoms with van der Waals surface area (Å²) in [5.41, 5.74) is 2.01. The Labute approximate surface area is 152 Å². The van der Waals surface area contributed by atoms with Gasteiger partial charge in [0.25, 0.3) is 5.91 Å². The predicted molar refractivity (Wildman–Crippen MR) is 102 cm³/mol. The van der Waals surface area contributed by atoms with Gasteiger partial charge in [-0.3, -0.25) is 14.6 Å². The molecule has 1 amide bonds. The number of hydrogen-bond acceptors (Lipinski definition) is 4. The topological polar surface area (TPSA) is 47.0 Å². The summed E-state index contributed by atoms with van der Waals surface area (Å²) >= 11 is 0. The van der Waals surface area contributed by atoms with Crippen molar-refractivity contribution in [2.75, 3.05) is 39.3 Å². The zero-order valence-corrected chi connectivity index (χ0v) is 16.1. The first-order valence-corrected chi connectivity index (χ1v) is 9.43. The highest BCUT2D eigenvalue weighted by molar-refractivity contribution is 5.94. The first-order valence-electron chi connectivity index (χ1n) is 9.43. The molecule has 0 radical (unpaired) electrons. The van der Waals surface area contributed by atoms with E-state index in [0.29, 0.717) is 12.6 Å². The lowest BCUT2D eigenvalue weighted by Gasteiger charge is -2.35. The van der Waals surface area contributed by atoms with E-state index in [1.807, 2.05) is 17.0 Å². The molecule has 140 valence electrons. The van der Waals surface area contributed by atoms with E-state index in [2.05, 4.69) is 42.7 Å². The van der Waals surface area contributed by atoms with Gasteiger partial charge in [-0.05, 0) is 45.0 Å². The summed E-state index contributed by atoms with van der Waals surface area (Å²) in [4.78, 5) is 19.2. The normalized spacial score (nSPS) is 17.3. The van der Waals surface area contributed by atoms with Gasteiger partial charge in [0.15, 0.2) is 0 Å². The molecular weight excluding hydrogens is 314 g/mol. The van der Waals surface area contributed by atoms with Crippen molar-refractivity contribution in [2.45, 2.75) is 46.4 Å². The number of amides is 1. The lowest BCUT2D eigenvalue weighted by atomic mass is 10.1. The van der Waals surface area contributed by atoms with Crippen LogP contribution in [-0.2, 0) is 6.54 Å². The van der Waals surface area contributed by atoms with Crippen LogP contribution in [0.5, 0.6) is 0 Å². The maximum absolute atomic E-state index is 12.7. The second-order valence-corrected chi connectivity index (χ2v) is 7.30. The monoisotopic (exact) mass is 347 g/mol. The molecule has 1 aromatic rings. The van der Waals surface area contributed by atoms with Gasteiger partial charge in [0.1, 0.15) is 0 Å². The molecular formula is C20H33N3O2. The van der Waals surface area contributed by atoms with Crippen molar-refractivity contribution in [1.82, 2.24) is 14.7 Å². The highest BCUT2D eigenvalue weighted by Crippen LogP contribution is 2.13. The van der Waals surface area contributed by atoms with Crippen molar-refractivity contribution in [3.63, 3.8) is 0 Å². The van der Waals surface area contributed by atoms with Crippen LogP contribution in [0.3, 0.4) is 0 Å². The minimum Gasteiger partial charge on any atom is -0.392 e. The summed E-state index contributed by atoms with van der Waals surface area (Å²) in [6.07, 6.45) is -0.316. The fraction of sp³-hybridized carbons (Fsp3) is 0.650. The quantitative estimate of drug-likeness (QED) is 0.820. The van der Waals surface area contributed by atoms with Crippen molar-refractivity contribution < 1.29 is 9.90 Å². The van der Waals surface area contributed by atoms with E-state index in [1.54, 1.807) is 6.92 Å². The summed E-state index contributed by atoms with van der Waals surface area (Å²) in [6.45, 7) is 14.1. The van der Waals surface area contributed by atoms with E-state index in [4.69, 9.17) is 0 Å². The SMILES string of the molecule is CCN(Cc1ccc(C(=O)N2CCN(C[C@@H](C)O)CC2)cc1)C(C)C. The van der Waals surface area contributed by atoms with Gasteiger partial charge < -0.3 is 10.0 Å². The Morgan fingerprint density at radius 2 is 1.72 bits per heavy atom. The first kappa shape index (κ1) is 19.9. The summed E-state index contributed by atoms with van der Waals surface area (Å²) in [5.74, 6) is 0.111. The Morgan fingerprint density at radius 1 is 1.12 bits per heavy atom. The van der Waals surface area contributed by atoms with Crippen molar-refractivity contribution in [3.8, 4) is 0 Å². The molecule has 0 unspecified atom stereocenters. The van der Waals surface area contributed by atoms with Crippen molar-refractivity contribution in [2.24, 2.45) is 0 Å². The third-order valence-electron chi connectivity index (χ3n) is 4.90. The minimum atomic E-state index is -0.316. The van der Waals surface area contributed by atoms with Gasteiger partial charge in [-0.25, -0.2) is 0 Å². The van der Waals surface area contributed by atoms with E-state index in [9.17, 15) is 9.90 Å². The van der Waals surface area contributed by atoms with Gasteiger partial charge >= 0.3 is 0 Å². The number of β-amino-alcohol motifs (C(OH)–C–C–N with tert-alkyl or cyclic N) is 1. The molecule has 1 atom stereocenters. The van der Waals surface area contributed by atoms with Crippen molar-refractivity contribution in [1.29, 1.82) is 0 Å². The summed E-state index contributed by atoms with van der Waals surface area (Å²) in [5, 5.41) is 9.47. The molecule has 0 spiro atoms. The Morgan fingerprint density at radius 3 is 2.20 bits per heavy atom. The van der Waals surface area contributed by atoms with Gasteiger partial charge in [-0.2, -0.15) is 0 Å². The zero-order chi connectivity index (χ0) is 18.4. The van der Waals surface area contributed by atoms with Gasteiger partial charge in [-0.1, -0.05) is 19.1 Å². The number of carbonyl (C=O) groups is 1. The van der Waals surface area contributed by atoms with Crippen molar-refractivity contribution >= 4 is 5.91 Å². The van der Waals surface area contributed by atoms with Crippen LogP contribution in [0.25, 0.3) is 0 Å². The molecule has 1 aliphatic rings. The van der Waals surface area contributed by atoms with Crippen LogP contribution in [0.4, 0.5) is 0 Å². The molecule has 5 nitrogen and oxygen atoms in total. The first-order chi connectivity index (χ1) is 11.9. The van der Waals surface area contributed by atoms with Crippen LogP contribution in [0.2, 0.25) is 0 Å². The van der Waals surface area contributed by atoms with Gasteiger partial charge in [0.2, 0.25) is 0 Å². The van der Waals surface area contributed by atoms with E-state index in [1.165, 1.54) is 5.56 Å². The van der Waals surface area contributed by atoms with Gasteiger partial charge in [0, 0.05) is 50.9 Å². The molecule has 5 heteroatoms. The van der Waals surface area contributed by atoms with E-state index in [-0.39, 0.29) is 12.0 Å². The lowest BCUT2D eigenvalue weighted by molar-refractivity contribution is 0.0554. The second-order valence-electron chi connectivity index (χ2n) is 7.30. The number of rotatable bonds is 7. The highest BCUT2D eigenvalue weighted by atomic mass is 16.3. The van der Waals surface area contributed by atoms with Crippen LogP contribution < -0.4 is 0 Å². The number of benzene rings is 1. The smallest absolute Gasteiger partial charge is 0.253 e. The highest BCUT2D eigenvalue weighted by Gasteiger charge is 2.22. The van der Waals surface area contributed by atoms with Crippen LogP contribution in [-0.4, -0.2) is 77.1 Å². The van der Waals surface area contributed by atoms with E-state index in [0.717, 1.165) is 44.8 Å². The number of piperazine rings is 1. The van der Waals surface area contributed by atoms with Crippen LogP contribution >= 0.6 is 0 Å². The third kappa shape index (κ3) is 5.80. The molecule has 25 heavy (non-hydrogen) atoms. The molecule has 1 saturated heterocycles. The maximum atomic E-state index is 12.7. The number of aliphatic hydroxyl groups excluding tert-OH is 1. The Balaban J connectivity index is 1.90. The summed E-state index contributed by atoms with van der Waals surface area (Å²) < 4.78 is 0. The molecule has 1 aliphatic heterocycles. The van der Waals surface area contributed by atoms with E-state index < -0.39 is 0 Å². The summed E-state index contributed by atoms with van der Waals surface area (Å²) in [7, 11) is 0. The fourth-order valence-corrected chi connectivity index (χ4v) is 3.34. The average molecular weight is 348 g/mol. The second kappa shape index (κ2) is 9.32. The van der Waals surface area contributed by atoms with Crippen LogP contribution in [0, 0.1) is 0 Å². The number of aliphatic hydroxyl groups is 1. The molecule has 0 saturated carbocycles. The average Bonchev–Trinajstić information content (AvgIpc) is 2.59. The Kier molecular flexibility index (Phi) is 7.41. The molecule has 1 N–H and O–H groups in total. The molecule has 0 aromatic heterocycles. The molecule has 1 heterocycles. The molecule has 1 fully saturated rings. The largest absolute Gasteiger partial charge is 0.392 e. The van der Waals surface area contributed by atoms with Gasteiger partial charge in [0.05, 0.1) is 6.10 Å². The zero-order valence-electron chi connectivity index (χ0n) is 16.1. The number of nitrogens with zero attached hydrogens (tertiary/aromatic N) is 3. The van der Waals surface area contributed by atoms with Crippen LogP contribution in [0.1, 0.15) is 43.6 Å².